The van der Waals surface area contributed by atoms with E-state index >= 15 is 0 Å². The Morgan fingerprint density at radius 2 is 1.77 bits per heavy atom. The summed E-state index contributed by atoms with van der Waals surface area (Å²) in [4.78, 5) is 26.1. The van der Waals surface area contributed by atoms with Gasteiger partial charge in [0.15, 0.2) is 0 Å². The van der Waals surface area contributed by atoms with E-state index in [1.165, 1.54) is 0 Å². The molecule has 0 saturated carbocycles. The average molecular weight is 352 g/mol. The normalized spacial score (nSPS) is 11.0. The zero-order valence-electron chi connectivity index (χ0n) is 15.5. The highest BCUT2D eigenvalue weighted by Gasteiger charge is 2.07. The molecular formula is C20H24N4O2. The topological polar surface area (TPSA) is 73.8 Å². The molecule has 0 saturated heterocycles. The maximum Gasteiger partial charge on any atom is 0.271 e. The van der Waals surface area contributed by atoms with Gasteiger partial charge in [-0.15, -0.1) is 0 Å². The molecule has 2 N–H and O–H groups in total. The van der Waals surface area contributed by atoms with Gasteiger partial charge in [-0.25, -0.2) is 5.43 Å². The van der Waals surface area contributed by atoms with E-state index in [2.05, 4.69) is 15.8 Å². The lowest BCUT2D eigenvalue weighted by atomic mass is 10.1. The largest absolute Gasteiger partial charge is 0.378 e. The summed E-state index contributed by atoms with van der Waals surface area (Å²) in [6, 6.07) is 14.8. The van der Waals surface area contributed by atoms with Crippen LogP contribution in [0.25, 0.3) is 0 Å². The third kappa shape index (κ3) is 5.73. The molecule has 2 amide bonds. The predicted molar refractivity (Wildman–Crippen MR) is 106 cm³/mol. The minimum absolute atomic E-state index is 0.101. The van der Waals surface area contributed by atoms with Gasteiger partial charge in [-0.3, -0.25) is 9.59 Å². The fraction of sp³-hybridized carbons (Fsp3) is 0.250. The predicted octanol–water partition coefficient (Wildman–Crippen LogP) is 3.20. The maximum absolute atomic E-state index is 12.1. The molecule has 2 rings (SSSR count). The molecule has 0 radical (unpaired) electrons. The molecule has 0 unspecified atom stereocenters. The van der Waals surface area contributed by atoms with Crippen molar-refractivity contribution >= 4 is 28.9 Å². The first-order chi connectivity index (χ1) is 12.3. The molecule has 0 atom stereocenters. The highest BCUT2D eigenvalue weighted by Crippen LogP contribution is 2.15. The van der Waals surface area contributed by atoms with Crippen LogP contribution in [0, 0.1) is 6.92 Å². The van der Waals surface area contributed by atoms with E-state index in [1.807, 2.05) is 62.3 Å². The summed E-state index contributed by atoms with van der Waals surface area (Å²) >= 11 is 0. The zero-order chi connectivity index (χ0) is 19.1. The number of hydrogen-bond acceptors (Lipinski definition) is 4. The first kappa shape index (κ1) is 19.2. The molecule has 0 aromatic heterocycles. The number of nitrogens with one attached hydrogen (secondary N) is 2. The molecule has 6 nitrogen and oxygen atoms in total. The summed E-state index contributed by atoms with van der Waals surface area (Å²) in [5.41, 5.74) is 6.31. The van der Waals surface area contributed by atoms with Crippen LogP contribution in [0.5, 0.6) is 0 Å². The molecule has 0 bridgehead atoms. The van der Waals surface area contributed by atoms with Crippen LogP contribution in [-0.4, -0.2) is 31.6 Å². The van der Waals surface area contributed by atoms with Crippen molar-refractivity contribution in [3.05, 3.63) is 59.7 Å². The number of rotatable bonds is 6. The van der Waals surface area contributed by atoms with Crippen molar-refractivity contribution in [2.45, 2.75) is 20.3 Å². The Balaban J connectivity index is 1.87. The van der Waals surface area contributed by atoms with E-state index in [4.69, 9.17) is 0 Å². The third-order valence-corrected chi connectivity index (χ3v) is 3.71. The lowest BCUT2D eigenvalue weighted by Gasteiger charge is -2.13. The Bertz CT molecular complexity index is 811. The van der Waals surface area contributed by atoms with Gasteiger partial charge in [0.2, 0.25) is 5.91 Å². The van der Waals surface area contributed by atoms with E-state index in [-0.39, 0.29) is 18.2 Å². The molecular weight excluding hydrogens is 328 g/mol. The van der Waals surface area contributed by atoms with E-state index in [0.717, 1.165) is 16.9 Å². The minimum atomic E-state index is -0.298. The van der Waals surface area contributed by atoms with Crippen LogP contribution < -0.4 is 15.6 Å². The summed E-state index contributed by atoms with van der Waals surface area (Å²) in [6.07, 6.45) is 0.101. The molecule has 0 heterocycles. The molecule has 0 aliphatic carbocycles. The molecule has 6 heteroatoms. The Morgan fingerprint density at radius 3 is 2.38 bits per heavy atom. The Kier molecular flexibility index (Phi) is 6.49. The van der Waals surface area contributed by atoms with Crippen LogP contribution >= 0.6 is 0 Å². The fourth-order valence-electron chi connectivity index (χ4n) is 2.32. The number of hydrazone groups is 1. The number of carbonyl (C=O) groups excluding carboxylic acids is 2. The van der Waals surface area contributed by atoms with Crippen molar-refractivity contribution in [2.75, 3.05) is 24.3 Å². The number of aryl methyl sites for hydroxylation is 1. The van der Waals surface area contributed by atoms with Gasteiger partial charge >= 0.3 is 0 Å². The van der Waals surface area contributed by atoms with E-state index in [0.29, 0.717) is 11.3 Å². The SMILES string of the molecule is CC(CC(=O)Nc1ccc(N(C)C)cc1)=NNC(=O)c1cccc(C)c1. The summed E-state index contributed by atoms with van der Waals surface area (Å²) in [5, 5.41) is 6.81. The van der Waals surface area contributed by atoms with Gasteiger partial charge in [0.25, 0.3) is 5.91 Å². The highest BCUT2D eigenvalue weighted by atomic mass is 16.2. The molecule has 0 spiro atoms. The highest BCUT2D eigenvalue weighted by molar-refractivity contribution is 6.06. The molecule has 2 aromatic rings. The van der Waals surface area contributed by atoms with Crippen LogP contribution in [0.3, 0.4) is 0 Å². The van der Waals surface area contributed by atoms with Gasteiger partial charge in [0.1, 0.15) is 0 Å². The molecule has 0 aliphatic heterocycles. The lowest BCUT2D eigenvalue weighted by Crippen LogP contribution is -2.21. The van der Waals surface area contributed by atoms with Crippen molar-refractivity contribution in [3.63, 3.8) is 0 Å². The van der Waals surface area contributed by atoms with Gasteiger partial charge < -0.3 is 10.2 Å². The second kappa shape index (κ2) is 8.80. The van der Waals surface area contributed by atoms with Crippen LogP contribution in [-0.2, 0) is 4.79 Å². The second-order valence-electron chi connectivity index (χ2n) is 6.32. The first-order valence-electron chi connectivity index (χ1n) is 8.32. The van der Waals surface area contributed by atoms with Gasteiger partial charge in [-0.1, -0.05) is 17.7 Å². The number of benzene rings is 2. The van der Waals surface area contributed by atoms with Crippen molar-refractivity contribution in [1.29, 1.82) is 0 Å². The number of anilines is 2. The van der Waals surface area contributed by atoms with Gasteiger partial charge in [-0.05, 0) is 50.2 Å². The quantitative estimate of drug-likeness (QED) is 0.619. The molecule has 136 valence electrons. The summed E-state index contributed by atoms with van der Waals surface area (Å²) < 4.78 is 0. The smallest absolute Gasteiger partial charge is 0.271 e. The third-order valence-electron chi connectivity index (χ3n) is 3.71. The summed E-state index contributed by atoms with van der Waals surface area (Å²) in [7, 11) is 3.91. The average Bonchev–Trinajstić information content (AvgIpc) is 2.60. The molecule has 26 heavy (non-hydrogen) atoms. The summed E-state index contributed by atoms with van der Waals surface area (Å²) in [6.45, 7) is 3.62. The van der Waals surface area contributed by atoms with Crippen molar-refractivity contribution in [2.24, 2.45) is 5.10 Å². The number of carbonyl (C=O) groups is 2. The lowest BCUT2D eigenvalue weighted by molar-refractivity contribution is -0.115. The van der Waals surface area contributed by atoms with Crippen LogP contribution in [0.2, 0.25) is 0 Å². The Morgan fingerprint density at radius 1 is 1.08 bits per heavy atom. The van der Waals surface area contributed by atoms with Gasteiger partial charge in [-0.2, -0.15) is 5.10 Å². The number of nitrogens with zero attached hydrogens (tertiary/aromatic N) is 2. The standard InChI is InChI=1S/C20H24N4O2/c1-14-6-5-7-16(12-14)20(26)23-22-15(2)13-19(25)21-17-8-10-18(11-9-17)24(3)4/h5-12H,13H2,1-4H3,(H,21,25)(H,23,26). The van der Waals surface area contributed by atoms with Crippen LogP contribution in [0.1, 0.15) is 29.3 Å². The summed E-state index contributed by atoms with van der Waals surface area (Å²) in [5.74, 6) is -0.485. The van der Waals surface area contributed by atoms with Gasteiger partial charge in [0.05, 0.1) is 6.42 Å². The van der Waals surface area contributed by atoms with Crippen LogP contribution in [0.4, 0.5) is 11.4 Å². The van der Waals surface area contributed by atoms with Gasteiger partial charge in [0, 0.05) is 36.7 Å². The zero-order valence-corrected chi connectivity index (χ0v) is 15.5. The maximum atomic E-state index is 12.1. The molecule has 2 aromatic carbocycles. The Labute approximate surface area is 153 Å². The van der Waals surface area contributed by atoms with E-state index in [9.17, 15) is 9.59 Å². The minimum Gasteiger partial charge on any atom is -0.378 e. The van der Waals surface area contributed by atoms with Crippen molar-refractivity contribution < 1.29 is 9.59 Å². The van der Waals surface area contributed by atoms with E-state index in [1.54, 1.807) is 19.1 Å². The first-order valence-corrected chi connectivity index (χ1v) is 8.32. The number of amides is 2. The van der Waals surface area contributed by atoms with Crippen LogP contribution in [0.15, 0.2) is 53.6 Å². The van der Waals surface area contributed by atoms with Crippen molar-refractivity contribution in [3.8, 4) is 0 Å². The Hall–Kier alpha value is -3.15. The van der Waals surface area contributed by atoms with E-state index < -0.39 is 0 Å². The fourth-order valence-corrected chi connectivity index (χ4v) is 2.32. The number of hydrogen-bond donors (Lipinski definition) is 2. The van der Waals surface area contributed by atoms with Crippen molar-refractivity contribution in [1.82, 2.24) is 5.43 Å². The second-order valence-corrected chi connectivity index (χ2v) is 6.32. The molecule has 0 aliphatic rings. The monoisotopic (exact) mass is 352 g/mol. The molecule has 0 fully saturated rings.